The van der Waals surface area contributed by atoms with Gasteiger partial charge in [-0.2, -0.15) is 0 Å². The Balaban J connectivity index is 2.46. The molecule has 1 aliphatic heterocycles. The second-order valence-electron chi connectivity index (χ2n) is 3.23. The summed E-state index contributed by atoms with van der Waals surface area (Å²) in [6.07, 6.45) is 3.36. The van der Waals surface area contributed by atoms with Gasteiger partial charge in [-0.25, -0.2) is 0 Å². The van der Waals surface area contributed by atoms with Gasteiger partial charge in [-0.1, -0.05) is 0 Å². The van der Waals surface area contributed by atoms with Crippen molar-refractivity contribution < 1.29 is 9.90 Å². The first-order valence-electron chi connectivity index (χ1n) is 4.06. The molecule has 68 valence electrons. The van der Waals surface area contributed by atoms with E-state index in [-0.39, 0.29) is 0 Å². The van der Waals surface area contributed by atoms with Crippen LogP contribution in [0.25, 0.3) is 0 Å². The normalized spacial score (nSPS) is 21.5. The summed E-state index contributed by atoms with van der Waals surface area (Å²) in [6, 6.07) is 1.27. The van der Waals surface area contributed by atoms with E-state index in [1.807, 2.05) is 0 Å². The van der Waals surface area contributed by atoms with E-state index >= 15 is 0 Å². The molecule has 4 heteroatoms. The number of aliphatic carboxylic acids is 1. The van der Waals surface area contributed by atoms with Crippen molar-refractivity contribution in [1.82, 2.24) is 9.88 Å². The van der Waals surface area contributed by atoms with Crippen LogP contribution in [0.15, 0.2) is 18.5 Å². The number of carboxylic acid groups (broad SMARTS) is 1. The molecule has 1 aromatic heterocycles. The minimum Gasteiger partial charge on any atom is -0.480 e. The van der Waals surface area contributed by atoms with E-state index in [4.69, 9.17) is 5.11 Å². The first-order chi connectivity index (χ1) is 6.20. The van der Waals surface area contributed by atoms with Crippen LogP contribution in [0.1, 0.15) is 17.2 Å². The standard InChI is InChI=1S/C9H10N2O2/c1-11-5-6-4-10-3-2-7(6)8(11)9(12)13/h2-4,8H,5H2,1H3,(H,12,13). The average Bonchev–Trinajstić information content (AvgIpc) is 2.39. The predicted molar refractivity (Wildman–Crippen MR) is 46.1 cm³/mol. The molecule has 4 nitrogen and oxygen atoms in total. The molecule has 13 heavy (non-hydrogen) atoms. The molecule has 0 saturated carbocycles. The van der Waals surface area contributed by atoms with Crippen LogP contribution in [-0.2, 0) is 11.3 Å². The summed E-state index contributed by atoms with van der Waals surface area (Å²) in [6.45, 7) is 0.667. The number of pyridine rings is 1. The molecule has 0 amide bonds. The quantitative estimate of drug-likeness (QED) is 0.686. The SMILES string of the molecule is CN1Cc2cnccc2C1C(=O)O. The molecular weight excluding hydrogens is 168 g/mol. The third-order valence-corrected chi connectivity index (χ3v) is 2.33. The number of carbonyl (C=O) groups is 1. The number of rotatable bonds is 1. The molecule has 2 rings (SSSR count). The molecule has 1 unspecified atom stereocenters. The molecule has 1 aromatic rings. The van der Waals surface area contributed by atoms with E-state index in [9.17, 15) is 4.79 Å². The monoisotopic (exact) mass is 178 g/mol. The third-order valence-electron chi connectivity index (χ3n) is 2.33. The fourth-order valence-corrected chi connectivity index (χ4v) is 1.76. The predicted octanol–water partition coefficient (Wildman–Crippen LogP) is 0.653. The summed E-state index contributed by atoms with van der Waals surface area (Å²) in [7, 11) is 1.80. The molecule has 0 saturated heterocycles. The van der Waals surface area contributed by atoms with E-state index in [1.54, 1.807) is 30.4 Å². The van der Waals surface area contributed by atoms with Crippen LogP contribution in [-0.4, -0.2) is 28.0 Å². The molecule has 1 aliphatic rings. The van der Waals surface area contributed by atoms with Crippen LogP contribution >= 0.6 is 0 Å². The molecule has 1 atom stereocenters. The van der Waals surface area contributed by atoms with Gasteiger partial charge in [-0.3, -0.25) is 14.7 Å². The van der Waals surface area contributed by atoms with Gasteiger partial charge in [0.05, 0.1) is 0 Å². The second kappa shape index (κ2) is 2.81. The first kappa shape index (κ1) is 8.19. The van der Waals surface area contributed by atoms with Crippen LogP contribution in [0.2, 0.25) is 0 Å². The van der Waals surface area contributed by atoms with Gasteiger partial charge < -0.3 is 5.11 Å². The largest absolute Gasteiger partial charge is 0.480 e. The summed E-state index contributed by atoms with van der Waals surface area (Å²) in [5.74, 6) is -0.799. The van der Waals surface area contributed by atoms with E-state index in [0.29, 0.717) is 6.54 Å². The van der Waals surface area contributed by atoms with E-state index in [0.717, 1.165) is 11.1 Å². The Morgan fingerprint density at radius 1 is 1.77 bits per heavy atom. The molecular formula is C9H10N2O2. The van der Waals surface area contributed by atoms with Crippen LogP contribution in [0, 0.1) is 0 Å². The van der Waals surface area contributed by atoms with Gasteiger partial charge >= 0.3 is 5.97 Å². The summed E-state index contributed by atoms with van der Waals surface area (Å²) in [5, 5.41) is 8.97. The van der Waals surface area contributed by atoms with Crippen molar-refractivity contribution in [2.75, 3.05) is 7.05 Å². The van der Waals surface area contributed by atoms with Crippen molar-refractivity contribution in [2.45, 2.75) is 12.6 Å². The van der Waals surface area contributed by atoms with Crippen LogP contribution in [0.4, 0.5) is 0 Å². The molecule has 0 aliphatic carbocycles. The van der Waals surface area contributed by atoms with Crippen LogP contribution in [0.3, 0.4) is 0 Å². The lowest BCUT2D eigenvalue weighted by atomic mass is 10.1. The van der Waals surface area contributed by atoms with E-state index < -0.39 is 12.0 Å². The lowest BCUT2D eigenvalue weighted by molar-refractivity contribution is -0.142. The fourth-order valence-electron chi connectivity index (χ4n) is 1.76. The highest BCUT2D eigenvalue weighted by atomic mass is 16.4. The maximum Gasteiger partial charge on any atom is 0.325 e. The van der Waals surface area contributed by atoms with Crippen LogP contribution < -0.4 is 0 Å². The number of fused-ring (bicyclic) bond motifs is 1. The number of hydrogen-bond donors (Lipinski definition) is 1. The number of carboxylic acids is 1. The summed E-state index contributed by atoms with van der Waals surface area (Å²) >= 11 is 0. The van der Waals surface area contributed by atoms with E-state index in [1.165, 1.54) is 0 Å². The highest BCUT2D eigenvalue weighted by Crippen LogP contribution is 2.31. The first-order valence-corrected chi connectivity index (χ1v) is 4.06. The van der Waals surface area contributed by atoms with Gasteiger partial charge in [0, 0.05) is 18.9 Å². The number of aromatic nitrogens is 1. The highest BCUT2D eigenvalue weighted by molar-refractivity contribution is 5.77. The Bertz CT molecular complexity index is 351. The lowest BCUT2D eigenvalue weighted by Crippen LogP contribution is -2.24. The van der Waals surface area contributed by atoms with Crippen molar-refractivity contribution in [1.29, 1.82) is 0 Å². The van der Waals surface area contributed by atoms with Crippen molar-refractivity contribution >= 4 is 5.97 Å². The molecule has 0 fully saturated rings. The second-order valence-corrected chi connectivity index (χ2v) is 3.23. The van der Waals surface area contributed by atoms with Crippen molar-refractivity contribution in [3.8, 4) is 0 Å². The Kier molecular flexibility index (Phi) is 1.77. The topological polar surface area (TPSA) is 53.4 Å². The Morgan fingerprint density at radius 3 is 3.23 bits per heavy atom. The summed E-state index contributed by atoms with van der Waals surface area (Å²) < 4.78 is 0. The zero-order chi connectivity index (χ0) is 9.42. The van der Waals surface area contributed by atoms with Crippen LogP contribution in [0.5, 0.6) is 0 Å². The molecule has 2 heterocycles. The van der Waals surface area contributed by atoms with Gasteiger partial charge in [0.15, 0.2) is 0 Å². The van der Waals surface area contributed by atoms with Gasteiger partial charge in [-0.05, 0) is 24.2 Å². The lowest BCUT2D eigenvalue weighted by Gasteiger charge is -2.14. The van der Waals surface area contributed by atoms with Crippen molar-refractivity contribution in [3.05, 3.63) is 29.6 Å². The summed E-state index contributed by atoms with van der Waals surface area (Å²) in [5.41, 5.74) is 1.88. The highest BCUT2D eigenvalue weighted by Gasteiger charge is 2.32. The maximum absolute atomic E-state index is 10.9. The van der Waals surface area contributed by atoms with Gasteiger partial charge in [-0.15, -0.1) is 0 Å². The zero-order valence-electron chi connectivity index (χ0n) is 7.27. The zero-order valence-corrected chi connectivity index (χ0v) is 7.27. The number of hydrogen-bond acceptors (Lipinski definition) is 3. The summed E-state index contributed by atoms with van der Waals surface area (Å²) in [4.78, 5) is 16.7. The van der Waals surface area contributed by atoms with Gasteiger partial charge in [0.1, 0.15) is 6.04 Å². The molecule has 0 radical (unpaired) electrons. The average molecular weight is 178 g/mol. The van der Waals surface area contributed by atoms with Crippen molar-refractivity contribution in [3.63, 3.8) is 0 Å². The fraction of sp³-hybridized carbons (Fsp3) is 0.333. The smallest absolute Gasteiger partial charge is 0.325 e. The Labute approximate surface area is 75.8 Å². The Morgan fingerprint density at radius 2 is 2.54 bits per heavy atom. The van der Waals surface area contributed by atoms with E-state index in [2.05, 4.69) is 4.98 Å². The van der Waals surface area contributed by atoms with Gasteiger partial charge in [0.2, 0.25) is 0 Å². The third kappa shape index (κ3) is 1.19. The molecule has 0 aromatic carbocycles. The molecule has 0 bridgehead atoms. The maximum atomic E-state index is 10.9. The minimum atomic E-state index is -0.799. The minimum absolute atomic E-state index is 0.502. The number of nitrogens with zero attached hydrogens (tertiary/aromatic N) is 2. The number of likely N-dealkylation sites (N-methyl/N-ethyl adjacent to an activating group) is 1. The van der Waals surface area contributed by atoms with Crippen molar-refractivity contribution in [2.24, 2.45) is 0 Å². The Hall–Kier alpha value is -1.42. The van der Waals surface area contributed by atoms with Gasteiger partial charge in [0.25, 0.3) is 0 Å². The molecule has 1 N–H and O–H groups in total. The molecule has 0 spiro atoms.